The van der Waals surface area contributed by atoms with Crippen molar-refractivity contribution in [2.24, 2.45) is 0 Å². The Bertz CT molecular complexity index is 235. The lowest BCUT2D eigenvalue weighted by atomic mass is 10.2. The van der Waals surface area contributed by atoms with E-state index in [9.17, 15) is 0 Å². The average molecular weight is 152 g/mol. The Kier molecular flexibility index (Phi) is 1.70. The van der Waals surface area contributed by atoms with Gasteiger partial charge in [-0.05, 0) is 19.1 Å². The maximum absolute atomic E-state index is 5.54. The molecule has 2 heteroatoms. The molecule has 1 saturated heterocycles. The summed E-state index contributed by atoms with van der Waals surface area (Å²) in [5.74, 6) is 2.18. The topological polar surface area (TPSA) is 29.8 Å². The van der Waals surface area contributed by atoms with Gasteiger partial charge in [0, 0.05) is 12.8 Å². The molecule has 2 rings (SSSR count). The van der Waals surface area contributed by atoms with Gasteiger partial charge in [-0.25, -0.2) is 0 Å². The molecule has 0 saturated carbocycles. The monoisotopic (exact) mass is 152 g/mol. The fraction of sp³-hybridized carbons (Fsp3) is 0.556. The van der Waals surface area contributed by atoms with Crippen LogP contribution in [0.5, 0.6) is 0 Å². The standard InChI is InChI=1S/C9H13NO/c1-7-4-5-9(11-7)8-3-2-6-10-8/h4-5,8,10H,2-3,6H2,1H3/p+1/t8-/m1/s1. The summed E-state index contributed by atoms with van der Waals surface area (Å²) >= 11 is 0. The van der Waals surface area contributed by atoms with Crippen LogP contribution in [0.25, 0.3) is 0 Å². The van der Waals surface area contributed by atoms with E-state index in [2.05, 4.69) is 11.4 Å². The van der Waals surface area contributed by atoms with Gasteiger partial charge in [0.2, 0.25) is 0 Å². The van der Waals surface area contributed by atoms with Crippen LogP contribution < -0.4 is 5.32 Å². The van der Waals surface area contributed by atoms with Gasteiger partial charge >= 0.3 is 0 Å². The molecule has 0 aromatic carbocycles. The van der Waals surface area contributed by atoms with Crippen molar-refractivity contribution in [2.75, 3.05) is 6.54 Å². The van der Waals surface area contributed by atoms with Gasteiger partial charge in [-0.1, -0.05) is 0 Å². The summed E-state index contributed by atoms with van der Waals surface area (Å²) in [6.45, 7) is 3.25. The zero-order valence-corrected chi connectivity index (χ0v) is 6.84. The van der Waals surface area contributed by atoms with Crippen molar-refractivity contribution in [3.8, 4) is 0 Å². The van der Waals surface area contributed by atoms with Crippen LogP contribution >= 0.6 is 0 Å². The molecule has 0 radical (unpaired) electrons. The van der Waals surface area contributed by atoms with E-state index in [-0.39, 0.29) is 0 Å². The first-order valence-corrected chi connectivity index (χ1v) is 4.26. The lowest BCUT2D eigenvalue weighted by Crippen LogP contribution is -2.81. The third-order valence-electron chi connectivity index (χ3n) is 2.30. The van der Waals surface area contributed by atoms with Crippen molar-refractivity contribution in [3.05, 3.63) is 23.7 Å². The second-order valence-electron chi connectivity index (χ2n) is 3.22. The van der Waals surface area contributed by atoms with Crippen molar-refractivity contribution >= 4 is 0 Å². The number of quaternary nitrogens is 1. The number of furan rings is 1. The number of hydrogen-bond donors (Lipinski definition) is 1. The molecule has 2 heterocycles. The predicted molar refractivity (Wildman–Crippen MR) is 42.2 cm³/mol. The summed E-state index contributed by atoms with van der Waals surface area (Å²) in [5.41, 5.74) is 0. The minimum atomic E-state index is 0.601. The first kappa shape index (κ1) is 6.92. The van der Waals surface area contributed by atoms with Crippen LogP contribution in [-0.2, 0) is 0 Å². The van der Waals surface area contributed by atoms with Gasteiger partial charge in [-0.2, -0.15) is 0 Å². The summed E-state index contributed by atoms with van der Waals surface area (Å²) in [6, 6.07) is 4.74. The van der Waals surface area contributed by atoms with Crippen molar-refractivity contribution < 1.29 is 9.73 Å². The van der Waals surface area contributed by atoms with Crippen LogP contribution in [-0.4, -0.2) is 6.54 Å². The van der Waals surface area contributed by atoms with Crippen molar-refractivity contribution in [1.82, 2.24) is 0 Å². The van der Waals surface area contributed by atoms with Gasteiger partial charge < -0.3 is 9.73 Å². The molecular formula is C9H14NO+. The first-order valence-electron chi connectivity index (χ1n) is 4.26. The van der Waals surface area contributed by atoms with E-state index in [1.165, 1.54) is 19.4 Å². The molecular weight excluding hydrogens is 138 g/mol. The Labute approximate surface area is 66.6 Å². The Balaban J connectivity index is 2.15. The van der Waals surface area contributed by atoms with Crippen LogP contribution in [0.1, 0.15) is 30.4 Å². The summed E-state index contributed by atoms with van der Waals surface area (Å²) in [6.07, 6.45) is 2.59. The number of hydrogen-bond acceptors (Lipinski definition) is 1. The first-order chi connectivity index (χ1) is 5.36. The Morgan fingerprint density at radius 3 is 3.00 bits per heavy atom. The van der Waals surface area contributed by atoms with Crippen molar-refractivity contribution in [3.63, 3.8) is 0 Å². The molecule has 0 amide bonds. The maximum Gasteiger partial charge on any atom is 0.161 e. The van der Waals surface area contributed by atoms with Gasteiger partial charge in [-0.3, -0.25) is 0 Å². The molecule has 60 valence electrons. The average Bonchev–Trinajstić information content (AvgIpc) is 2.55. The van der Waals surface area contributed by atoms with Gasteiger partial charge in [0.1, 0.15) is 11.8 Å². The molecule has 1 aromatic rings. The number of aryl methyl sites for hydroxylation is 1. The molecule has 0 aliphatic carbocycles. The predicted octanol–water partition coefficient (Wildman–Crippen LogP) is 0.986. The van der Waals surface area contributed by atoms with E-state index in [4.69, 9.17) is 4.42 Å². The molecule has 1 aromatic heterocycles. The van der Waals surface area contributed by atoms with Crippen molar-refractivity contribution in [2.45, 2.75) is 25.8 Å². The van der Waals surface area contributed by atoms with E-state index in [0.717, 1.165) is 11.5 Å². The van der Waals surface area contributed by atoms with Gasteiger partial charge in [0.25, 0.3) is 0 Å². The normalized spacial score (nSPS) is 24.3. The molecule has 2 nitrogen and oxygen atoms in total. The minimum absolute atomic E-state index is 0.601. The van der Waals surface area contributed by atoms with Crippen LogP contribution in [0.4, 0.5) is 0 Å². The summed E-state index contributed by atoms with van der Waals surface area (Å²) in [5, 5.41) is 2.36. The van der Waals surface area contributed by atoms with Gasteiger partial charge in [0.05, 0.1) is 6.54 Å². The van der Waals surface area contributed by atoms with Crippen LogP contribution in [0, 0.1) is 6.92 Å². The highest BCUT2D eigenvalue weighted by Gasteiger charge is 2.22. The lowest BCUT2D eigenvalue weighted by molar-refractivity contribution is -0.678. The highest BCUT2D eigenvalue weighted by atomic mass is 16.3. The Morgan fingerprint density at radius 2 is 2.45 bits per heavy atom. The third-order valence-corrected chi connectivity index (χ3v) is 2.30. The smallest absolute Gasteiger partial charge is 0.161 e. The van der Waals surface area contributed by atoms with E-state index in [0.29, 0.717) is 6.04 Å². The highest BCUT2D eigenvalue weighted by Crippen LogP contribution is 2.19. The molecule has 1 aliphatic rings. The summed E-state index contributed by atoms with van der Waals surface area (Å²) in [7, 11) is 0. The van der Waals surface area contributed by atoms with Crippen LogP contribution in [0.15, 0.2) is 16.5 Å². The second-order valence-corrected chi connectivity index (χ2v) is 3.22. The van der Waals surface area contributed by atoms with Crippen LogP contribution in [0.2, 0.25) is 0 Å². The lowest BCUT2D eigenvalue weighted by Gasteiger charge is -2.01. The zero-order valence-electron chi connectivity index (χ0n) is 6.84. The van der Waals surface area contributed by atoms with E-state index in [1.807, 2.05) is 13.0 Å². The molecule has 2 N–H and O–H groups in total. The zero-order chi connectivity index (χ0) is 7.68. The molecule has 1 fully saturated rings. The third kappa shape index (κ3) is 1.31. The van der Waals surface area contributed by atoms with Crippen LogP contribution in [0.3, 0.4) is 0 Å². The van der Waals surface area contributed by atoms with E-state index >= 15 is 0 Å². The summed E-state index contributed by atoms with van der Waals surface area (Å²) < 4.78 is 5.54. The maximum atomic E-state index is 5.54. The van der Waals surface area contributed by atoms with E-state index < -0.39 is 0 Å². The van der Waals surface area contributed by atoms with Gasteiger partial charge in [-0.15, -0.1) is 0 Å². The largest absolute Gasteiger partial charge is 0.460 e. The number of rotatable bonds is 1. The number of nitrogens with two attached hydrogens (primary N) is 1. The highest BCUT2D eigenvalue weighted by molar-refractivity contribution is 5.07. The molecule has 0 spiro atoms. The molecule has 1 atom stereocenters. The minimum Gasteiger partial charge on any atom is -0.460 e. The van der Waals surface area contributed by atoms with Crippen molar-refractivity contribution in [1.29, 1.82) is 0 Å². The molecule has 0 unspecified atom stereocenters. The SMILES string of the molecule is Cc1ccc([C@H]2CCC[NH2+]2)o1. The fourth-order valence-corrected chi connectivity index (χ4v) is 1.69. The Morgan fingerprint density at radius 1 is 1.55 bits per heavy atom. The quantitative estimate of drug-likeness (QED) is 0.639. The molecule has 1 aliphatic heterocycles. The molecule has 0 bridgehead atoms. The second kappa shape index (κ2) is 2.70. The fourth-order valence-electron chi connectivity index (χ4n) is 1.69. The Hall–Kier alpha value is -0.760. The van der Waals surface area contributed by atoms with E-state index in [1.54, 1.807) is 0 Å². The molecule has 11 heavy (non-hydrogen) atoms. The van der Waals surface area contributed by atoms with Gasteiger partial charge in [0.15, 0.2) is 5.76 Å². The summed E-state index contributed by atoms with van der Waals surface area (Å²) in [4.78, 5) is 0.